The molecule has 142 valence electrons. The topological polar surface area (TPSA) is 72.9 Å². The average Bonchev–Trinajstić information content (AvgIpc) is 3.20. The number of alkyl halides is 3. The fourth-order valence-electron chi connectivity index (χ4n) is 2.99. The van der Waals surface area contributed by atoms with Gasteiger partial charge in [0.2, 0.25) is 11.8 Å². The molecule has 0 spiro atoms. The van der Waals surface area contributed by atoms with Crippen LogP contribution in [-0.4, -0.2) is 31.4 Å². The summed E-state index contributed by atoms with van der Waals surface area (Å²) in [5, 5.41) is 11.5. The van der Waals surface area contributed by atoms with E-state index in [1.54, 1.807) is 29.2 Å². The van der Waals surface area contributed by atoms with Gasteiger partial charge in [-0.3, -0.25) is 4.57 Å². The van der Waals surface area contributed by atoms with Crippen LogP contribution in [0.1, 0.15) is 24.5 Å². The molecule has 0 amide bonds. The summed E-state index contributed by atoms with van der Waals surface area (Å²) in [5.74, 6) is -0.194. The van der Waals surface area contributed by atoms with Crippen LogP contribution in [0.5, 0.6) is 0 Å². The van der Waals surface area contributed by atoms with Crippen LogP contribution >= 0.6 is 11.6 Å². The summed E-state index contributed by atoms with van der Waals surface area (Å²) >= 11 is 5.96. The number of halogens is 4. The highest BCUT2D eigenvalue weighted by Crippen LogP contribution is 2.32. The van der Waals surface area contributed by atoms with Gasteiger partial charge < -0.3 is 9.42 Å². The van der Waals surface area contributed by atoms with Crippen LogP contribution in [0.15, 0.2) is 28.8 Å². The van der Waals surface area contributed by atoms with E-state index in [2.05, 4.69) is 20.3 Å². The van der Waals surface area contributed by atoms with Gasteiger partial charge in [-0.15, -0.1) is 10.2 Å². The lowest BCUT2D eigenvalue weighted by Crippen LogP contribution is -2.26. The lowest BCUT2D eigenvalue weighted by atomic mass is 10.2. The molecule has 3 heterocycles. The third kappa shape index (κ3) is 3.61. The van der Waals surface area contributed by atoms with E-state index < -0.39 is 12.0 Å². The van der Waals surface area contributed by atoms with Crippen molar-refractivity contribution in [3.63, 3.8) is 0 Å². The van der Waals surface area contributed by atoms with Gasteiger partial charge in [0, 0.05) is 23.7 Å². The summed E-state index contributed by atoms with van der Waals surface area (Å²) in [7, 11) is 0. The first kappa shape index (κ1) is 17.8. The third-order valence-electron chi connectivity index (χ3n) is 4.20. The van der Waals surface area contributed by atoms with Gasteiger partial charge in [0.1, 0.15) is 0 Å². The Hall–Kier alpha value is -2.62. The second kappa shape index (κ2) is 6.84. The third-order valence-corrected chi connectivity index (χ3v) is 4.43. The minimum Gasteiger partial charge on any atom is -0.334 e. The molecule has 27 heavy (non-hydrogen) atoms. The van der Waals surface area contributed by atoms with E-state index >= 15 is 0 Å². The van der Waals surface area contributed by atoms with Crippen molar-refractivity contribution in [1.82, 2.24) is 24.9 Å². The van der Waals surface area contributed by atoms with Crippen molar-refractivity contribution in [2.24, 2.45) is 0 Å². The van der Waals surface area contributed by atoms with Crippen LogP contribution < -0.4 is 4.90 Å². The van der Waals surface area contributed by atoms with Crippen LogP contribution in [0.3, 0.4) is 0 Å². The van der Waals surface area contributed by atoms with Crippen molar-refractivity contribution >= 4 is 17.5 Å². The predicted molar refractivity (Wildman–Crippen MR) is 90.1 cm³/mol. The quantitative estimate of drug-likeness (QED) is 0.668. The van der Waals surface area contributed by atoms with E-state index in [-0.39, 0.29) is 19.0 Å². The Balaban J connectivity index is 1.60. The number of nitrogens with zero attached hydrogens (tertiary/aromatic N) is 6. The fourth-order valence-corrected chi connectivity index (χ4v) is 3.18. The maximum atomic E-state index is 13.1. The Morgan fingerprint density at radius 2 is 1.96 bits per heavy atom. The van der Waals surface area contributed by atoms with Gasteiger partial charge in [-0.1, -0.05) is 22.8 Å². The first-order valence-electron chi connectivity index (χ1n) is 8.26. The number of anilines is 1. The molecule has 3 aromatic rings. The van der Waals surface area contributed by atoms with Gasteiger partial charge in [0.25, 0.3) is 5.89 Å². The van der Waals surface area contributed by atoms with E-state index in [0.717, 1.165) is 11.0 Å². The molecule has 0 bridgehead atoms. The Labute approximate surface area is 156 Å². The molecule has 7 nitrogen and oxygen atoms in total. The second-order valence-corrected chi connectivity index (χ2v) is 6.56. The molecule has 0 fully saturated rings. The SMILES string of the molecule is FC(F)(F)c1nnc2n1CCCCN2Cc1noc(-c2cccc(Cl)c2)n1. The predicted octanol–water partition coefficient (Wildman–Crippen LogP) is 3.80. The molecule has 1 aliphatic rings. The first-order valence-corrected chi connectivity index (χ1v) is 8.63. The van der Waals surface area contributed by atoms with Crippen LogP contribution in [-0.2, 0) is 19.3 Å². The summed E-state index contributed by atoms with van der Waals surface area (Å²) in [6, 6.07) is 6.96. The molecule has 2 aromatic heterocycles. The summed E-state index contributed by atoms with van der Waals surface area (Å²) in [6.07, 6.45) is -3.22. The number of hydrogen-bond donors (Lipinski definition) is 0. The molecule has 0 saturated heterocycles. The van der Waals surface area contributed by atoms with Gasteiger partial charge in [0.05, 0.1) is 6.54 Å². The highest BCUT2D eigenvalue weighted by molar-refractivity contribution is 6.30. The molecule has 1 aromatic carbocycles. The number of benzene rings is 1. The molecule has 0 unspecified atom stereocenters. The van der Waals surface area contributed by atoms with Gasteiger partial charge in [0.15, 0.2) is 5.82 Å². The van der Waals surface area contributed by atoms with E-state index in [0.29, 0.717) is 35.3 Å². The summed E-state index contributed by atoms with van der Waals surface area (Å²) < 4.78 is 45.7. The zero-order valence-corrected chi connectivity index (χ0v) is 14.7. The number of aromatic nitrogens is 5. The minimum absolute atomic E-state index is 0.161. The van der Waals surface area contributed by atoms with Gasteiger partial charge in [-0.25, -0.2) is 0 Å². The molecular formula is C16H14ClF3N6O. The highest BCUT2D eigenvalue weighted by atomic mass is 35.5. The molecule has 0 saturated carbocycles. The van der Waals surface area contributed by atoms with Crippen molar-refractivity contribution in [3.8, 4) is 11.5 Å². The Kier molecular flexibility index (Phi) is 4.50. The lowest BCUT2D eigenvalue weighted by molar-refractivity contribution is -0.147. The van der Waals surface area contributed by atoms with Crippen LogP contribution in [0.25, 0.3) is 11.5 Å². The molecule has 1 aliphatic heterocycles. The van der Waals surface area contributed by atoms with E-state index in [4.69, 9.17) is 16.1 Å². The van der Waals surface area contributed by atoms with E-state index in [1.807, 2.05) is 0 Å². The molecule has 0 N–H and O–H groups in total. The van der Waals surface area contributed by atoms with Crippen molar-refractivity contribution < 1.29 is 17.7 Å². The maximum absolute atomic E-state index is 13.1. The maximum Gasteiger partial charge on any atom is 0.451 e. The normalized spacial score (nSPS) is 14.9. The van der Waals surface area contributed by atoms with Gasteiger partial charge in [-0.05, 0) is 31.0 Å². The largest absolute Gasteiger partial charge is 0.451 e. The molecule has 4 rings (SSSR count). The van der Waals surface area contributed by atoms with Crippen LogP contribution in [0.2, 0.25) is 5.02 Å². The van der Waals surface area contributed by atoms with Crippen LogP contribution in [0.4, 0.5) is 19.1 Å². The molecule has 0 aliphatic carbocycles. The van der Waals surface area contributed by atoms with Gasteiger partial charge in [-0.2, -0.15) is 18.2 Å². The van der Waals surface area contributed by atoms with Crippen molar-refractivity contribution in [1.29, 1.82) is 0 Å². The molecule has 0 atom stereocenters. The zero-order chi connectivity index (χ0) is 19.0. The Morgan fingerprint density at radius 3 is 2.74 bits per heavy atom. The molecule has 11 heteroatoms. The van der Waals surface area contributed by atoms with Crippen molar-refractivity contribution in [2.75, 3.05) is 11.4 Å². The summed E-state index contributed by atoms with van der Waals surface area (Å²) in [4.78, 5) is 6.00. The molecule has 0 radical (unpaired) electrons. The Morgan fingerprint density at radius 1 is 1.15 bits per heavy atom. The second-order valence-electron chi connectivity index (χ2n) is 6.13. The minimum atomic E-state index is -4.55. The number of rotatable bonds is 3. The van der Waals surface area contributed by atoms with Gasteiger partial charge >= 0.3 is 6.18 Å². The van der Waals surface area contributed by atoms with E-state index in [1.165, 1.54) is 0 Å². The summed E-state index contributed by atoms with van der Waals surface area (Å²) in [5.41, 5.74) is 0.666. The number of hydrogen-bond acceptors (Lipinski definition) is 6. The van der Waals surface area contributed by atoms with Crippen molar-refractivity contribution in [3.05, 3.63) is 40.9 Å². The number of fused-ring (bicyclic) bond motifs is 1. The van der Waals surface area contributed by atoms with Crippen molar-refractivity contribution in [2.45, 2.75) is 32.1 Å². The average molecular weight is 399 g/mol. The zero-order valence-electron chi connectivity index (χ0n) is 13.9. The van der Waals surface area contributed by atoms with Crippen LogP contribution in [0, 0.1) is 0 Å². The highest BCUT2D eigenvalue weighted by Gasteiger charge is 2.39. The smallest absolute Gasteiger partial charge is 0.334 e. The monoisotopic (exact) mass is 398 g/mol. The van der Waals surface area contributed by atoms with E-state index in [9.17, 15) is 13.2 Å². The lowest BCUT2D eigenvalue weighted by Gasteiger charge is -2.19. The Bertz CT molecular complexity index is 954. The first-order chi connectivity index (χ1) is 12.9. The fraction of sp³-hybridized carbons (Fsp3) is 0.375. The standard InChI is InChI=1S/C16H14ClF3N6O/c17-11-5-3-4-10(8-11)13-21-12(24-27-13)9-25-6-1-2-7-26-14(16(18,19)20)22-23-15(25)26/h3-5,8H,1-2,6-7,9H2. The molecular weight excluding hydrogens is 385 g/mol. The summed E-state index contributed by atoms with van der Waals surface area (Å²) in [6.45, 7) is 0.908.